The number of para-hydroxylation sites is 2. The summed E-state index contributed by atoms with van der Waals surface area (Å²) >= 11 is 0. The lowest BCUT2D eigenvalue weighted by Crippen LogP contribution is -2.39. The quantitative estimate of drug-likeness (QED) is 0.454. The van der Waals surface area contributed by atoms with Gasteiger partial charge in [-0.2, -0.15) is 0 Å². The van der Waals surface area contributed by atoms with Gasteiger partial charge in [-0.25, -0.2) is 4.98 Å². The van der Waals surface area contributed by atoms with Gasteiger partial charge in [0.25, 0.3) is 0 Å². The predicted octanol–water partition coefficient (Wildman–Crippen LogP) is 5.05. The van der Waals surface area contributed by atoms with Crippen molar-refractivity contribution in [3.63, 3.8) is 0 Å². The maximum atomic E-state index is 13.3. The van der Waals surface area contributed by atoms with Gasteiger partial charge in [-0.1, -0.05) is 67.0 Å². The zero-order chi connectivity index (χ0) is 24.6. The van der Waals surface area contributed by atoms with E-state index in [2.05, 4.69) is 43.6 Å². The molecule has 6 heteroatoms. The molecule has 0 radical (unpaired) electrons. The van der Waals surface area contributed by atoms with Crippen LogP contribution in [0, 0.1) is 17.3 Å². The molecule has 2 rings (SSSR count). The van der Waals surface area contributed by atoms with E-state index >= 15 is 0 Å². The van der Waals surface area contributed by atoms with Crippen molar-refractivity contribution in [2.45, 2.75) is 80.7 Å². The van der Waals surface area contributed by atoms with Crippen molar-refractivity contribution >= 4 is 22.8 Å². The molecule has 0 saturated carbocycles. The molecule has 1 aromatic heterocycles. The first-order valence-electron chi connectivity index (χ1n) is 12.5. The van der Waals surface area contributed by atoms with E-state index in [9.17, 15) is 9.59 Å². The molecule has 0 aliphatic heterocycles. The SMILES string of the molecule is CC(C)CN(CC(C)C)C(=O)Cn1c(CCCCCNC(=O)C(C)(C)C)nc2ccccc21. The molecule has 0 fully saturated rings. The van der Waals surface area contributed by atoms with Crippen molar-refractivity contribution in [3.05, 3.63) is 30.1 Å². The van der Waals surface area contributed by atoms with Gasteiger partial charge in [-0.15, -0.1) is 0 Å². The first-order chi connectivity index (χ1) is 15.5. The van der Waals surface area contributed by atoms with E-state index in [0.717, 1.165) is 55.6 Å². The second-order valence-electron chi connectivity index (χ2n) is 11.0. The molecular weight excluding hydrogens is 412 g/mol. The van der Waals surface area contributed by atoms with Gasteiger partial charge >= 0.3 is 0 Å². The van der Waals surface area contributed by atoms with E-state index in [4.69, 9.17) is 4.98 Å². The Balaban J connectivity index is 2.03. The van der Waals surface area contributed by atoms with Gasteiger partial charge in [0.2, 0.25) is 11.8 Å². The molecule has 2 aromatic rings. The second kappa shape index (κ2) is 12.2. The molecule has 184 valence electrons. The Labute approximate surface area is 200 Å². The Morgan fingerprint density at radius 1 is 1.00 bits per heavy atom. The summed E-state index contributed by atoms with van der Waals surface area (Å²) in [5.41, 5.74) is 1.61. The van der Waals surface area contributed by atoms with Crippen molar-refractivity contribution in [2.24, 2.45) is 17.3 Å². The summed E-state index contributed by atoms with van der Waals surface area (Å²) in [6.45, 7) is 17.0. The average molecular weight is 457 g/mol. The predicted molar refractivity (Wildman–Crippen MR) is 136 cm³/mol. The molecule has 1 heterocycles. The van der Waals surface area contributed by atoms with Gasteiger partial charge in [0, 0.05) is 31.5 Å². The van der Waals surface area contributed by atoms with Crippen LogP contribution in [0.2, 0.25) is 0 Å². The zero-order valence-electron chi connectivity index (χ0n) is 21.8. The molecule has 0 aliphatic rings. The van der Waals surface area contributed by atoms with Crippen LogP contribution in [-0.2, 0) is 22.6 Å². The van der Waals surface area contributed by atoms with Crippen LogP contribution in [0.3, 0.4) is 0 Å². The number of nitrogens with zero attached hydrogens (tertiary/aromatic N) is 3. The highest BCUT2D eigenvalue weighted by molar-refractivity contribution is 5.81. The monoisotopic (exact) mass is 456 g/mol. The molecule has 0 bridgehead atoms. The summed E-state index contributed by atoms with van der Waals surface area (Å²) < 4.78 is 2.10. The Morgan fingerprint density at radius 2 is 1.64 bits per heavy atom. The summed E-state index contributed by atoms with van der Waals surface area (Å²) in [5, 5.41) is 3.01. The fourth-order valence-electron chi connectivity index (χ4n) is 3.94. The highest BCUT2D eigenvalue weighted by Crippen LogP contribution is 2.19. The molecule has 0 unspecified atom stereocenters. The van der Waals surface area contributed by atoms with Crippen LogP contribution >= 0.6 is 0 Å². The molecule has 0 spiro atoms. The number of aryl methyl sites for hydroxylation is 1. The number of benzene rings is 1. The van der Waals surface area contributed by atoms with Gasteiger partial charge in [-0.05, 0) is 36.8 Å². The van der Waals surface area contributed by atoms with Crippen LogP contribution in [-0.4, -0.2) is 45.9 Å². The van der Waals surface area contributed by atoms with Crippen LogP contribution in [0.4, 0.5) is 0 Å². The van der Waals surface area contributed by atoms with E-state index in [1.165, 1.54) is 0 Å². The van der Waals surface area contributed by atoms with Crippen molar-refractivity contribution in [1.29, 1.82) is 0 Å². The summed E-state index contributed by atoms with van der Waals surface area (Å²) in [4.78, 5) is 32.1. The largest absolute Gasteiger partial charge is 0.356 e. The molecule has 1 N–H and O–H groups in total. The van der Waals surface area contributed by atoms with Gasteiger partial charge in [-0.3, -0.25) is 9.59 Å². The molecule has 0 aliphatic carbocycles. The Bertz CT molecular complexity index is 898. The van der Waals surface area contributed by atoms with Crippen molar-refractivity contribution in [2.75, 3.05) is 19.6 Å². The number of aromatic nitrogens is 2. The molecule has 2 amide bonds. The third kappa shape index (κ3) is 8.49. The fraction of sp³-hybridized carbons (Fsp3) is 0.667. The standard InChI is InChI=1S/C27H44N4O2/c1-20(2)17-30(18-21(3)4)25(32)19-31-23-14-11-10-13-22(23)29-24(31)15-9-8-12-16-28-26(33)27(5,6)7/h10-11,13-14,20-21H,8-9,12,15-19H2,1-7H3,(H,28,33). The minimum Gasteiger partial charge on any atom is -0.356 e. The highest BCUT2D eigenvalue weighted by Gasteiger charge is 2.21. The average Bonchev–Trinajstić information content (AvgIpc) is 3.05. The van der Waals surface area contributed by atoms with Crippen LogP contribution in [0.5, 0.6) is 0 Å². The Hall–Kier alpha value is -2.37. The van der Waals surface area contributed by atoms with Gasteiger partial charge < -0.3 is 14.8 Å². The lowest BCUT2D eigenvalue weighted by Gasteiger charge is -2.27. The fourth-order valence-corrected chi connectivity index (χ4v) is 3.94. The molecule has 0 saturated heterocycles. The van der Waals surface area contributed by atoms with Gasteiger partial charge in [0.05, 0.1) is 11.0 Å². The lowest BCUT2D eigenvalue weighted by molar-refractivity contribution is -0.133. The Kier molecular flexibility index (Phi) is 9.93. The number of unbranched alkanes of at least 4 members (excludes halogenated alkanes) is 2. The summed E-state index contributed by atoms with van der Waals surface area (Å²) in [7, 11) is 0. The number of hydrogen-bond acceptors (Lipinski definition) is 3. The van der Waals surface area contributed by atoms with Crippen molar-refractivity contribution in [3.8, 4) is 0 Å². The van der Waals surface area contributed by atoms with Crippen LogP contribution in [0.25, 0.3) is 11.0 Å². The summed E-state index contributed by atoms with van der Waals surface area (Å²) in [6, 6.07) is 8.07. The maximum Gasteiger partial charge on any atom is 0.242 e. The van der Waals surface area contributed by atoms with Crippen LogP contribution in [0.15, 0.2) is 24.3 Å². The van der Waals surface area contributed by atoms with Crippen molar-refractivity contribution in [1.82, 2.24) is 19.8 Å². The first-order valence-corrected chi connectivity index (χ1v) is 12.5. The van der Waals surface area contributed by atoms with Crippen molar-refractivity contribution < 1.29 is 9.59 Å². The normalized spacial score (nSPS) is 12.0. The molecule has 1 aromatic carbocycles. The number of fused-ring (bicyclic) bond motifs is 1. The molecule has 0 atom stereocenters. The first kappa shape index (κ1) is 26.9. The molecule has 33 heavy (non-hydrogen) atoms. The van der Waals surface area contributed by atoms with E-state index in [1.807, 2.05) is 43.9 Å². The molecular formula is C27H44N4O2. The van der Waals surface area contributed by atoms with E-state index in [0.29, 0.717) is 24.9 Å². The minimum absolute atomic E-state index is 0.0927. The number of imidazole rings is 1. The summed E-state index contributed by atoms with van der Waals surface area (Å²) in [6.07, 6.45) is 3.75. The van der Waals surface area contributed by atoms with E-state index < -0.39 is 0 Å². The zero-order valence-corrected chi connectivity index (χ0v) is 21.8. The van der Waals surface area contributed by atoms with Crippen LogP contribution in [0.1, 0.15) is 73.6 Å². The van der Waals surface area contributed by atoms with Gasteiger partial charge in [0.15, 0.2) is 0 Å². The second-order valence-corrected chi connectivity index (χ2v) is 11.0. The smallest absolute Gasteiger partial charge is 0.242 e. The summed E-state index contributed by atoms with van der Waals surface area (Å²) in [5.74, 6) is 2.09. The number of carbonyl (C=O) groups excluding carboxylic acids is 2. The topological polar surface area (TPSA) is 67.2 Å². The minimum atomic E-state index is -0.351. The van der Waals surface area contributed by atoms with E-state index in [-0.39, 0.29) is 17.2 Å². The number of carbonyl (C=O) groups is 2. The van der Waals surface area contributed by atoms with Gasteiger partial charge in [0.1, 0.15) is 12.4 Å². The lowest BCUT2D eigenvalue weighted by atomic mass is 9.96. The Morgan fingerprint density at radius 3 is 2.24 bits per heavy atom. The third-order valence-corrected chi connectivity index (χ3v) is 5.59. The third-order valence-electron chi connectivity index (χ3n) is 5.59. The maximum absolute atomic E-state index is 13.3. The molecule has 6 nitrogen and oxygen atoms in total. The van der Waals surface area contributed by atoms with Crippen LogP contribution < -0.4 is 5.32 Å². The number of hydrogen-bond donors (Lipinski definition) is 1. The number of nitrogens with one attached hydrogen (secondary N) is 1. The van der Waals surface area contributed by atoms with E-state index in [1.54, 1.807) is 0 Å². The number of rotatable bonds is 12. The highest BCUT2D eigenvalue weighted by atomic mass is 16.2. The number of amides is 2.